The molecule has 0 saturated carbocycles. The van der Waals surface area contributed by atoms with Crippen molar-refractivity contribution in [3.63, 3.8) is 0 Å². The number of hydrogen-bond donors (Lipinski definition) is 1. The van der Waals surface area contributed by atoms with Gasteiger partial charge in [-0.05, 0) is 18.9 Å². The molecule has 0 aliphatic carbocycles. The number of ether oxygens (including phenoxy) is 1. The zero-order valence-electron chi connectivity index (χ0n) is 11.4. The van der Waals surface area contributed by atoms with Crippen LogP contribution in [0.25, 0.3) is 0 Å². The van der Waals surface area contributed by atoms with Crippen LogP contribution in [0.4, 0.5) is 0 Å². The Morgan fingerprint density at radius 3 is 3.00 bits per heavy atom. The van der Waals surface area contributed by atoms with Crippen LogP contribution in [0.2, 0.25) is 0 Å². The number of benzene rings is 1. The molecule has 3 heteroatoms. The van der Waals surface area contributed by atoms with Gasteiger partial charge in [-0.3, -0.25) is 4.90 Å². The molecule has 1 aromatic rings. The molecule has 0 aromatic heterocycles. The Balaban J connectivity index is 2.12. The van der Waals surface area contributed by atoms with Crippen molar-refractivity contribution < 1.29 is 4.74 Å². The fraction of sp³-hybridized carbons (Fsp3) is 0.600. The van der Waals surface area contributed by atoms with Gasteiger partial charge < -0.3 is 10.5 Å². The molecule has 18 heavy (non-hydrogen) atoms. The lowest BCUT2D eigenvalue weighted by atomic mass is 10.0. The molecule has 2 unspecified atom stereocenters. The van der Waals surface area contributed by atoms with Crippen LogP contribution in [0.3, 0.4) is 0 Å². The topological polar surface area (TPSA) is 38.5 Å². The summed E-state index contributed by atoms with van der Waals surface area (Å²) in [5.41, 5.74) is 8.62. The Bertz CT molecular complexity index is 381. The SMILES string of the molecule is CCC1CN(C(CN)c2cccc(C)c2)CCO1. The minimum atomic E-state index is 0.322. The van der Waals surface area contributed by atoms with Gasteiger partial charge in [0.2, 0.25) is 0 Å². The lowest BCUT2D eigenvalue weighted by Gasteiger charge is -2.38. The Kier molecular flexibility index (Phi) is 4.75. The quantitative estimate of drug-likeness (QED) is 0.887. The number of nitrogens with zero attached hydrogens (tertiary/aromatic N) is 1. The zero-order chi connectivity index (χ0) is 13.0. The van der Waals surface area contributed by atoms with Crippen molar-refractivity contribution in [2.75, 3.05) is 26.2 Å². The van der Waals surface area contributed by atoms with E-state index in [1.165, 1.54) is 11.1 Å². The fourth-order valence-corrected chi connectivity index (χ4v) is 2.65. The van der Waals surface area contributed by atoms with E-state index < -0.39 is 0 Å². The summed E-state index contributed by atoms with van der Waals surface area (Å²) in [5, 5.41) is 0. The van der Waals surface area contributed by atoms with Gasteiger partial charge >= 0.3 is 0 Å². The number of rotatable bonds is 4. The third-order valence-corrected chi connectivity index (χ3v) is 3.72. The predicted octanol–water partition coefficient (Wildman–Crippen LogP) is 2.11. The van der Waals surface area contributed by atoms with Crippen molar-refractivity contribution in [3.05, 3.63) is 35.4 Å². The first kappa shape index (κ1) is 13.5. The minimum Gasteiger partial charge on any atom is -0.376 e. The Morgan fingerprint density at radius 1 is 1.50 bits per heavy atom. The second-order valence-electron chi connectivity index (χ2n) is 5.06. The van der Waals surface area contributed by atoms with E-state index in [1.54, 1.807) is 0 Å². The summed E-state index contributed by atoms with van der Waals surface area (Å²) in [6, 6.07) is 8.99. The van der Waals surface area contributed by atoms with Gasteiger partial charge in [-0.1, -0.05) is 36.8 Å². The summed E-state index contributed by atoms with van der Waals surface area (Å²) in [5.74, 6) is 0. The predicted molar refractivity (Wildman–Crippen MR) is 74.6 cm³/mol. The average molecular weight is 248 g/mol. The summed E-state index contributed by atoms with van der Waals surface area (Å²) >= 11 is 0. The molecule has 2 rings (SSSR count). The lowest BCUT2D eigenvalue weighted by molar-refractivity contribution is -0.0437. The van der Waals surface area contributed by atoms with E-state index in [-0.39, 0.29) is 0 Å². The maximum Gasteiger partial charge on any atom is 0.0700 e. The third kappa shape index (κ3) is 3.10. The van der Waals surface area contributed by atoms with E-state index in [2.05, 4.69) is 43.0 Å². The molecule has 1 aliphatic heterocycles. The van der Waals surface area contributed by atoms with Gasteiger partial charge in [0.1, 0.15) is 0 Å². The highest BCUT2D eigenvalue weighted by Crippen LogP contribution is 2.23. The van der Waals surface area contributed by atoms with Crippen molar-refractivity contribution in [1.82, 2.24) is 4.90 Å². The first-order valence-corrected chi connectivity index (χ1v) is 6.87. The van der Waals surface area contributed by atoms with Gasteiger partial charge in [0.05, 0.1) is 12.7 Å². The molecule has 1 aliphatic rings. The largest absolute Gasteiger partial charge is 0.376 e. The number of aryl methyl sites for hydroxylation is 1. The molecule has 2 N–H and O–H groups in total. The van der Waals surface area contributed by atoms with E-state index in [9.17, 15) is 0 Å². The molecule has 0 spiro atoms. The summed E-state index contributed by atoms with van der Waals surface area (Å²) in [6.45, 7) is 7.77. The normalized spacial score (nSPS) is 22.9. The molecular formula is C15H24N2O. The number of morpholine rings is 1. The lowest BCUT2D eigenvalue weighted by Crippen LogP contribution is -2.46. The van der Waals surface area contributed by atoms with Gasteiger partial charge in [0.15, 0.2) is 0 Å². The smallest absolute Gasteiger partial charge is 0.0700 e. The van der Waals surface area contributed by atoms with Crippen LogP contribution < -0.4 is 5.73 Å². The first-order valence-electron chi connectivity index (χ1n) is 6.87. The van der Waals surface area contributed by atoms with Crippen LogP contribution in [-0.2, 0) is 4.74 Å². The molecule has 1 fully saturated rings. The summed E-state index contributed by atoms with van der Waals surface area (Å²) in [4.78, 5) is 2.46. The Hall–Kier alpha value is -0.900. The van der Waals surface area contributed by atoms with E-state index in [0.717, 1.165) is 26.1 Å². The van der Waals surface area contributed by atoms with Crippen molar-refractivity contribution in [2.45, 2.75) is 32.4 Å². The zero-order valence-corrected chi connectivity index (χ0v) is 11.4. The number of nitrogens with two attached hydrogens (primary N) is 1. The molecular weight excluding hydrogens is 224 g/mol. The van der Waals surface area contributed by atoms with Crippen LogP contribution in [0, 0.1) is 6.92 Å². The van der Waals surface area contributed by atoms with Crippen molar-refractivity contribution in [3.8, 4) is 0 Å². The first-order chi connectivity index (χ1) is 8.74. The second-order valence-corrected chi connectivity index (χ2v) is 5.06. The minimum absolute atomic E-state index is 0.322. The van der Waals surface area contributed by atoms with Crippen molar-refractivity contribution >= 4 is 0 Å². The van der Waals surface area contributed by atoms with E-state index in [1.807, 2.05) is 0 Å². The maximum absolute atomic E-state index is 5.99. The second kappa shape index (κ2) is 6.32. The van der Waals surface area contributed by atoms with E-state index >= 15 is 0 Å². The van der Waals surface area contributed by atoms with Gasteiger partial charge in [0.25, 0.3) is 0 Å². The Labute approximate surface area is 110 Å². The van der Waals surface area contributed by atoms with Crippen LogP contribution in [0.1, 0.15) is 30.5 Å². The summed E-state index contributed by atoms with van der Waals surface area (Å²) < 4.78 is 5.73. The van der Waals surface area contributed by atoms with Crippen LogP contribution in [0.15, 0.2) is 24.3 Å². The van der Waals surface area contributed by atoms with E-state index in [0.29, 0.717) is 18.7 Å². The third-order valence-electron chi connectivity index (χ3n) is 3.72. The number of hydrogen-bond acceptors (Lipinski definition) is 3. The molecule has 1 heterocycles. The Morgan fingerprint density at radius 2 is 2.33 bits per heavy atom. The van der Waals surface area contributed by atoms with Crippen LogP contribution in [0.5, 0.6) is 0 Å². The van der Waals surface area contributed by atoms with Gasteiger partial charge in [-0.15, -0.1) is 0 Å². The van der Waals surface area contributed by atoms with Crippen molar-refractivity contribution in [2.24, 2.45) is 5.73 Å². The fourth-order valence-electron chi connectivity index (χ4n) is 2.65. The highest BCUT2D eigenvalue weighted by molar-refractivity contribution is 5.25. The van der Waals surface area contributed by atoms with Crippen molar-refractivity contribution in [1.29, 1.82) is 0 Å². The standard InChI is InChI=1S/C15H24N2O/c1-3-14-11-17(7-8-18-14)15(10-16)13-6-4-5-12(2)9-13/h4-6,9,14-15H,3,7-8,10-11,16H2,1-2H3. The average Bonchev–Trinajstić information content (AvgIpc) is 2.40. The molecule has 0 radical (unpaired) electrons. The summed E-state index contributed by atoms with van der Waals surface area (Å²) in [6.07, 6.45) is 1.43. The van der Waals surface area contributed by atoms with Crippen LogP contribution >= 0.6 is 0 Å². The maximum atomic E-state index is 5.99. The van der Waals surface area contributed by atoms with E-state index in [4.69, 9.17) is 10.5 Å². The molecule has 0 bridgehead atoms. The highest BCUT2D eigenvalue weighted by Gasteiger charge is 2.25. The highest BCUT2D eigenvalue weighted by atomic mass is 16.5. The van der Waals surface area contributed by atoms with Crippen LogP contribution in [-0.4, -0.2) is 37.2 Å². The molecule has 3 nitrogen and oxygen atoms in total. The molecule has 1 aromatic carbocycles. The molecule has 100 valence electrons. The van der Waals surface area contributed by atoms with Gasteiger partial charge in [0, 0.05) is 25.7 Å². The molecule has 0 amide bonds. The monoisotopic (exact) mass is 248 g/mol. The summed E-state index contributed by atoms with van der Waals surface area (Å²) in [7, 11) is 0. The van der Waals surface area contributed by atoms with Gasteiger partial charge in [-0.2, -0.15) is 0 Å². The molecule has 2 atom stereocenters. The molecule has 1 saturated heterocycles. The van der Waals surface area contributed by atoms with Gasteiger partial charge in [-0.25, -0.2) is 0 Å².